The Hall–Kier alpha value is -1.83. The minimum absolute atomic E-state index is 0.0182. The first-order valence-corrected chi connectivity index (χ1v) is 16.7. The molecule has 1 aromatic rings. The van der Waals surface area contributed by atoms with Crippen LogP contribution in [0.15, 0.2) is 18.2 Å². The number of carbonyl (C=O) groups is 2. The summed E-state index contributed by atoms with van der Waals surface area (Å²) in [5, 5.41) is 7.38. The zero-order valence-electron chi connectivity index (χ0n) is 27.1. The number of urea groups is 1. The van der Waals surface area contributed by atoms with Gasteiger partial charge in [-0.05, 0) is 81.7 Å². The van der Waals surface area contributed by atoms with Crippen molar-refractivity contribution in [3.05, 3.63) is 34.3 Å². The summed E-state index contributed by atoms with van der Waals surface area (Å²) in [4.78, 5) is 31.6. The molecule has 3 amide bonds. The van der Waals surface area contributed by atoms with Crippen molar-refractivity contribution in [2.75, 3.05) is 47.4 Å². The van der Waals surface area contributed by atoms with Crippen LogP contribution in [0.2, 0.25) is 5.02 Å². The molecule has 1 aromatic carbocycles. The summed E-state index contributed by atoms with van der Waals surface area (Å²) >= 11 is 6.63. The van der Waals surface area contributed by atoms with Gasteiger partial charge in [0.25, 0.3) is 0 Å². The number of aryl methyl sites for hydroxylation is 1. The van der Waals surface area contributed by atoms with Gasteiger partial charge in [-0.2, -0.15) is 0 Å². The van der Waals surface area contributed by atoms with Gasteiger partial charge in [0.1, 0.15) is 0 Å². The number of likely N-dealkylation sites (N-methyl/N-ethyl adjacent to an activating group) is 1. The first kappa shape index (κ1) is 34.7. The Morgan fingerprint density at radius 3 is 2.55 bits per heavy atom. The monoisotopic (exact) mass is 604 g/mol. The molecule has 7 nitrogen and oxygen atoms in total. The molecule has 3 rings (SSSR count). The highest BCUT2D eigenvalue weighted by molar-refractivity contribution is 6.30. The number of carbonyl (C=O) groups excluding carboxylic acids is 2. The Kier molecular flexibility index (Phi) is 13.9. The topological polar surface area (TPSA) is 73.9 Å². The van der Waals surface area contributed by atoms with Gasteiger partial charge in [-0.3, -0.25) is 4.79 Å². The molecule has 0 aromatic heterocycles. The number of amides is 3. The average Bonchev–Trinajstić information content (AvgIpc) is 2.98. The van der Waals surface area contributed by atoms with Gasteiger partial charge in [0, 0.05) is 63.3 Å². The van der Waals surface area contributed by atoms with Crippen molar-refractivity contribution in [1.29, 1.82) is 0 Å². The molecule has 0 unspecified atom stereocenters. The molecule has 1 saturated carbocycles. The van der Waals surface area contributed by atoms with E-state index in [1.807, 2.05) is 43.8 Å². The highest BCUT2D eigenvalue weighted by Gasteiger charge is 2.48. The van der Waals surface area contributed by atoms with E-state index in [1.54, 1.807) is 7.11 Å². The van der Waals surface area contributed by atoms with E-state index in [1.165, 1.54) is 32.1 Å². The van der Waals surface area contributed by atoms with Crippen molar-refractivity contribution < 1.29 is 14.3 Å². The lowest BCUT2D eigenvalue weighted by atomic mass is 9.68. The quantitative estimate of drug-likeness (QED) is 0.230. The molecular formula is C34H57ClN4O3. The standard InChI is InChI=1S/C34H57ClN4O3/c1-25(2)32(40)38(5)34(18-10-11-20-42-6,31-22-29(35)17-16-26(31)3)28-15-12-19-39(24-28)33(41)37-30(23-36-4)21-27-13-8-7-9-14-27/h16-17,22,25,27-28,30,36H,7-15,18-21,23-24H2,1-6H3,(H,37,41)/t28-,30+,34+/m1/s1. The Bertz CT molecular complexity index is 999. The second kappa shape index (κ2) is 16.9. The van der Waals surface area contributed by atoms with E-state index in [4.69, 9.17) is 16.3 Å². The van der Waals surface area contributed by atoms with Crippen molar-refractivity contribution in [2.24, 2.45) is 17.8 Å². The summed E-state index contributed by atoms with van der Waals surface area (Å²) in [6.45, 7) is 8.84. The number of likely N-dealkylation sites (tertiary alicyclic amines) is 1. The maximum Gasteiger partial charge on any atom is 0.317 e. The zero-order valence-corrected chi connectivity index (χ0v) is 27.9. The lowest BCUT2D eigenvalue weighted by Gasteiger charge is -2.52. The highest BCUT2D eigenvalue weighted by atomic mass is 35.5. The molecule has 238 valence electrons. The Morgan fingerprint density at radius 1 is 1.14 bits per heavy atom. The van der Waals surface area contributed by atoms with Crippen LogP contribution in [-0.2, 0) is 15.1 Å². The molecule has 2 aliphatic rings. The van der Waals surface area contributed by atoms with E-state index < -0.39 is 5.54 Å². The van der Waals surface area contributed by atoms with Crippen LogP contribution in [0, 0.1) is 24.7 Å². The van der Waals surface area contributed by atoms with Gasteiger partial charge in [-0.15, -0.1) is 0 Å². The second-order valence-corrected chi connectivity index (χ2v) is 13.6. The van der Waals surface area contributed by atoms with Crippen molar-refractivity contribution in [3.63, 3.8) is 0 Å². The number of benzene rings is 1. The average molecular weight is 605 g/mol. The van der Waals surface area contributed by atoms with Crippen molar-refractivity contribution >= 4 is 23.5 Å². The highest BCUT2D eigenvalue weighted by Crippen LogP contribution is 2.46. The molecule has 42 heavy (non-hydrogen) atoms. The Labute approximate surface area is 260 Å². The van der Waals surface area contributed by atoms with E-state index in [9.17, 15) is 9.59 Å². The minimum Gasteiger partial charge on any atom is -0.385 e. The Balaban J connectivity index is 1.94. The fourth-order valence-corrected chi connectivity index (χ4v) is 7.72. The minimum atomic E-state index is -0.588. The summed E-state index contributed by atoms with van der Waals surface area (Å²) in [5.41, 5.74) is 1.63. The van der Waals surface area contributed by atoms with Crippen LogP contribution in [0.4, 0.5) is 4.79 Å². The van der Waals surface area contributed by atoms with E-state index in [0.29, 0.717) is 24.1 Å². The van der Waals surface area contributed by atoms with E-state index >= 15 is 0 Å². The molecule has 2 N–H and O–H groups in total. The molecular weight excluding hydrogens is 548 g/mol. The Morgan fingerprint density at radius 2 is 1.88 bits per heavy atom. The molecule has 8 heteroatoms. The molecule has 1 saturated heterocycles. The number of hydrogen-bond donors (Lipinski definition) is 2. The van der Waals surface area contributed by atoms with Gasteiger partial charge in [0.05, 0.1) is 5.54 Å². The molecule has 3 atom stereocenters. The lowest BCUT2D eigenvalue weighted by molar-refractivity contribution is -0.144. The van der Waals surface area contributed by atoms with Crippen LogP contribution in [0.1, 0.15) is 95.6 Å². The molecule has 0 radical (unpaired) electrons. The maximum absolute atomic E-state index is 13.8. The van der Waals surface area contributed by atoms with E-state index in [2.05, 4.69) is 29.7 Å². The third-order valence-electron chi connectivity index (χ3n) is 9.75. The van der Waals surface area contributed by atoms with Crippen LogP contribution in [-0.4, -0.2) is 75.2 Å². The number of piperidine rings is 1. The van der Waals surface area contributed by atoms with Gasteiger partial charge in [0.2, 0.25) is 5.91 Å². The summed E-state index contributed by atoms with van der Waals surface area (Å²) in [6, 6.07) is 6.18. The van der Waals surface area contributed by atoms with E-state index in [-0.39, 0.29) is 29.8 Å². The third kappa shape index (κ3) is 8.86. The number of rotatable bonds is 14. The number of ether oxygens (including phenoxy) is 1. The first-order chi connectivity index (χ1) is 20.1. The number of unbranched alkanes of at least 4 members (excludes halogenated alkanes) is 1. The summed E-state index contributed by atoms with van der Waals surface area (Å²) in [7, 11) is 5.66. The maximum atomic E-state index is 13.8. The number of halogens is 1. The van der Waals surface area contributed by atoms with Crippen LogP contribution in [0.5, 0.6) is 0 Å². The van der Waals surface area contributed by atoms with Gasteiger partial charge in [0.15, 0.2) is 0 Å². The molecule has 1 aliphatic carbocycles. The molecule has 0 bridgehead atoms. The zero-order chi connectivity index (χ0) is 30.7. The third-order valence-corrected chi connectivity index (χ3v) is 9.99. The smallest absolute Gasteiger partial charge is 0.317 e. The van der Waals surface area contributed by atoms with Crippen molar-refractivity contribution in [1.82, 2.24) is 20.4 Å². The first-order valence-electron chi connectivity index (χ1n) is 16.4. The van der Waals surface area contributed by atoms with Crippen LogP contribution in [0.3, 0.4) is 0 Å². The SMILES string of the molecule is CNC[C@H](CC1CCCCC1)NC(=O)N1CCC[C@@H]([C@@](CCCCOC)(c2cc(Cl)ccc2C)N(C)C(=O)C(C)C)C1. The van der Waals surface area contributed by atoms with Gasteiger partial charge < -0.3 is 25.2 Å². The van der Waals surface area contributed by atoms with Crippen LogP contribution in [0.25, 0.3) is 0 Å². The number of hydrogen-bond acceptors (Lipinski definition) is 4. The fraction of sp³-hybridized carbons (Fsp3) is 0.765. The summed E-state index contributed by atoms with van der Waals surface area (Å²) in [6.07, 6.45) is 11.9. The molecule has 1 heterocycles. The van der Waals surface area contributed by atoms with Crippen molar-refractivity contribution in [2.45, 2.75) is 103 Å². The normalized spacial score (nSPS) is 20.3. The largest absolute Gasteiger partial charge is 0.385 e. The van der Waals surface area contributed by atoms with Crippen LogP contribution >= 0.6 is 11.6 Å². The fourth-order valence-electron chi connectivity index (χ4n) is 7.55. The van der Waals surface area contributed by atoms with Gasteiger partial charge in [-0.1, -0.05) is 63.6 Å². The van der Waals surface area contributed by atoms with Gasteiger partial charge in [-0.25, -0.2) is 4.79 Å². The summed E-state index contributed by atoms with van der Waals surface area (Å²) < 4.78 is 5.39. The summed E-state index contributed by atoms with van der Waals surface area (Å²) in [5.74, 6) is 0.737. The number of nitrogens with one attached hydrogen (secondary N) is 2. The predicted octanol–water partition coefficient (Wildman–Crippen LogP) is 6.75. The molecule has 1 aliphatic heterocycles. The van der Waals surface area contributed by atoms with Crippen LogP contribution < -0.4 is 10.6 Å². The molecule has 2 fully saturated rings. The predicted molar refractivity (Wildman–Crippen MR) is 173 cm³/mol. The van der Waals surface area contributed by atoms with Crippen molar-refractivity contribution in [3.8, 4) is 0 Å². The lowest BCUT2D eigenvalue weighted by Crippen LogP contribution is -2.59. The number of nitrogens with zero attached hydrogens (tertiary/aromatic N) is 2. The molecule has 0 spiro atoms. The number of methoxy groups -OCH3 is 1. The van der Waals surface area contributed by atoms with Gasteiger partial charge >= 0.3 is 6.03 Å². The second-order valence-electron chi connectivity index (χ2n) is 13.1. The van der Waals surface area contributed by atoms with E-state index in [0.717, 1.165) is 62.7 Å².